The number of alkyl halides is 24. The van der Waals surface area contributed by atoms with Crippen LogP contribution in [-0.2, 0) is 49.4 Å². The molecule has 0 heterocycles. The molecule has 0 aromatic heterocycles. The van der Waals surface area contributed by atoms with Gasteiger partial charge in [-0.2, -0.15) is 149 Å². The summed E-state index contributed by atoms with van der Waals surface area (Å²) in [6, 6.07) is 23.3. The maximum atomic E-state index is 14.2. The van der Waals surface area contributed by atoms with Crippen LogP contribution in [0.2, 0.25) is 20.1 Å². The van der Waals surface area contributed by atoms with Gasteiger partial charge in [0, 0.05) is 20.1 Å². The smallest absolute Gasteiger partial charge is 0.195 e. The molecule has 0 N–H and O–H groups in total. The third-order valence-electron chi connectivity index (χ3n) is 13.9. The minimum Gasteiger partial charge on any atom is -0.195 e. The second-order valence-corrected chi connectivity index (χ2v) is 21.0. The van der Waals surface area contributed by atoms with E-state index in [4.69, 9.17) is 46.4 Å². The molecule has 0 radical (unpaired) electrons. The summed E-state index contributed by atoms with van der Waals surface area (Å²) >= 11 is 24.9. The van der Waals surface area contributed by atoms with Crippen LogP contribution in [0.15, 0.2) is 170 Å². The Hall–Kier alpha value is -3.99. The molecule has 32 heteroatoms. The Bertz CT molecular complexity index is 3120. The van der Waals surface area contributed by atoms with Crippen LogP contribution in [0.1, 0.15) is 44.5 Å². The monoisotopic (exact) mass is 1380 g/mol. The van der Waals surface area contributed by atoms with Gasteiger partial charge >= 0.3 is 130 Å². The fraction of sp³-hybridized carbons (Fsp3) is 0.143. The van der Waals surface area contributed by atoms with Crippen molar-refractivity contribution in [3.63, 3.8) is 0 Å². The van der Waals surface area contributed by atoms with Crippen molar-refractivity contribution >= 4 is 102 Å². The maximum absolute atomic E-state index is 14.2. The number of hydrogen-bond acceptors (Lipinski definition) is 0. The standard InChI is InChI=1S/C32H12BF24.C24H16BCl4.K.Na/c34-25(35,36)13-1-14(26(37,38)39)6-21(5-13)33(22-7-15(27(40,41)42)2-16(8-22)28(43,44)45,23-9-17(29(46,47)48)3-18(10-23)30(49,50)51)24-11-19(31(52,53)54)4-20(12-24)32(55,56)57;26-21-9-1-17(2-10-21)25(18-3-11-22(27)12-4-18,19-5-13-23(28)14-6-19)20-7-15-24(29)16-8-20;;/h1-12H;1-16H;;/q2*-1;2*+1. The summed E-state index contributed by atoms with van der Waals surface area (Å²) in [5.41, 5.74) is -25.6. The summed E-state index contributed by atoms with van der Waals surface area (Å²) in [7, 11) is 0. The van der Waals surface area contributed by atoms with Crippen LogP contribution < -0.4 is 125 Å². The Kier molecular flexibility index (Phi) is 22.9. The van der Waals surface area contributed by atoms with Crippen LogP contribution in [0.5, 0.6) is 0 Å². The number of benzene rings is 8. The Labute approximate surface area is 567 Å². The van der Waals surface area contributed by atoms with E-state index < -0.39 is 201 Å². The van der Waals surface area contributed by atoms with Gasteiger partial charge in [-0.15, -0.1) is 0 Å². The summed E-state index contributed by atoms with van der Waals surface area (Å²) in [6.07, 6.45) is -56.3. The van der Waals surface area contributed by atoms with Crippen molar-refractivity contribution in [1.82, 2.24) is 0 Å². The second-order valence-electron chi connectivity index (χ2n) is 19.3. The van der Waals surface area contributed by atoms with Gasteiger partial charge < -0.3 is 0 Å². The Balaban J connectivity index is 0.000000380. The molecule has 0 amide bonds. The first kappa shape index (κ1) is 74.7. The van der Waals surface area contributed by atoms with Crippen LogP contribution in [0.25, 0.3) is 0 Å². The van der Waals surface area contributed by atoms with Gasteiger partial charge in [-0.1, -0.05) is 143 Å². The molecular weight excluding hydrogens is 1350 g/mol. The Morgan fingerprint density at radius 2 is 0.307 bits per heavy atom. The van der Waals surface area contributed by atoms with E-state index >= 15 is 0 Å². The zero-order valence-electron chi connectivity index (χ0n) is 43.9. The summed E-state index contributed by atoms with van der Waals surface area (Å²) in [5, 5.41) is 2.78. The molecule has 0 saturated heterocycles. The molecule has 0 aliphatic rings. The molecule has 0 spiro atoms. The van der Waals surface area contributed by atoms with Crippen molar-refractivity contribution < 1.29 is 186 Å². The van der Waals surface area contributed by atoms with Crippen molar-refractivity contribution in [3.8, 4) is 0 Å². The summed E-state index contributed by atoms with van der Waals surface area (Å²) in [5.74, 6) is 0. The topological polar surface area (TPSA) is 0 Å². The zero-order chi connectivity index (χ0) is 64.3. The van der Waals surface area contributed by atoms with E-state index in [1.165, 1.54) is 0 Å². The van der Waals surface area contributed by atoms with Crippen LogP contribution in [0.4, 0.5) is 105 Å². The molecule has 8 rings (SSSR count). The van der Waals surface area contributed by atoms with Gasteiger partial charge in [0.25, 0.3) is 0 Å². The van der Waals surface area contributed by atoms with E-state index in [0.29, 0.717) is 20.1 Å². The normalized spacial score (nSPS) is 13.0. The van der Waals surface area contributed by atoms with E-state index in [-0.39, 0.29) is 80.9 Å². The van der Waals surface area contributed by atoms with Gasteiger partial charge in [0.1, 0.15) is 12.3 Å². The molecule has 88 heavy (non-hydrogen) atoms. The van der Waals surface area contributed by atoms with Gasteiger partial charge in [-0.25, -0.2) is 0 Å². The number of halogens is 28. The van der Waals surface area contributed by atoms with Gasteiger partial charge in [-0.05, 0) is 72.8 Å². The van der Waals surface area contributed by atoms with Crippen LogP contribution in [0.3, 0.4) is 0 Å². The largest absolute Gasteiger partial charge is 1.00 e. The molecule has 0 unspecified atom stereocenters. The van der Waals surface area contributed by atoms with E-state index in [1.54, 1.807) is 0 Å². The number of rotatable bonds is 8. The third kappa shape index (κ3) is 16.6. The molecular formula is C56H28B2Cl4F24KNa. The first-order valence-corrected chi connectivity index (χ1v) is 25.3. The van der Waals surface area contributed by atoms with Crippen LogP contribution in [-0.4, -0.2) is 12.3 Å². The predicted octanol–water partition coefficient (Wildman–Crippen LogP) is 10.9. The second kappa shape index (κ2) is 26.9. The molecule has 456 valence electrons. The van der Waals surface area contributed by atoms with E-state index in [2.05, 4.69) is 48.5 Å². The van der Waals surface area contributed by atoms with Gasteiger partial charge in [-0.3, -0.25) is 0 Å². The van der Waals surface area contributed by atoms with Gasteiger partial charge in [0.05, 0.1) is 44.5 Å². The van der Waals surface area contributed by atoms with E-state index in [1.807, 2.05) is 48.5 Å². The molecule has 0 aliphatic carbocycles. The molecule has 8 aromatic carbocycles. The van der Waals surface area contributed by atoms with Gasteiger partial charge in [0.15, 0.2) is 0 Å². The molecule has 0 aliphatic heterocycles. The van der Waals surface area contributed by atoms with E-state index in [9.17, 15) is 105 Å². The van der Waals surface area contributed by atoms with Crippen LogP contribution in [0, 0.1) is 0 Å². The third-order valence-corrected chi connectivity index (χ3v) is 14.9. The van der Waals surface area contributed by atoms with Crippen molar-refractivity contribution in [1.29, 1.82) is 0 Å². The van der Waals surface area contributed by atoms with Crippen molar-refractivity contribution in [2.75, 3.05) is 0 Å². The minimum absolute atomic E-state index is 0. The summed E-state index contributed by atoms with van der Waals surface area (Å²) in [6.45, 7) is 0. The SMILES string of the molecule is Clc1ccc([B-](c2ccc(Cl)cc2)(c2ccc(Cl)cc2)c2ccc(Cl)cc2)cc1.FC(F)(F)c1cc([B-](c2cc(C(F)(F)F)cc(C(F)(F)F)c2)(c2cc(C(F)(F)F)cc(C(F)(F)F)c2)c2cc(C(F)(F)F)cc(C(F)(F)F)c2)cc(C(F)(F)F)c1.[K+].[Na+]. The average molecular weight is 1380 g/mol. The van der Waals surface area contributed by atoms with Gasteiger partial charge in [0.2, 0.25) is 0 Å². The minimum atomic E-state index is -6.13. The molecule has 0 saturated carbocycles. The first-order chi connectivity index (χ1) is 39.3. The molecule has 8 aromatic rings. The average Bonchev–Trinajstić information content (AvgIpc) is 3.41. The maximum Gasteiger partial charge on any atom is 1.00 e. The predicted molar refractivity (Wildman–Crippen MR) is 280 cm³/mol. The fourth-order valence-electron chi connectivity index (χ4n) is 10.2. The molecule has 0 bridgehead atoms. The Morgan fingerprint density at radius 3 is 0.420 bits per heavy atom. The van der Waals surface area contributed by atoms with Crippen molar-refractivity contribution in [3.05, 3.63) is 234 Å². The van der Waals surface area contributed by atoms with Crippen LogP contribution >= 0.6 is 46.4 Å². The zero-order valence-corrected chi connectivity index (χ0v) is 52.1. The quantitative estimate of drug-likeness (QED) is 0.105. The summed E-state index contributed by atoms with van der Waals surface area (Å²) < 4.78 is 341. The molecule has 0 atom stereocenters. The molecule has 0 nitrogen and oxygen atoms in total. The molecule has 0 fully saturated rings. The van der Waals surface area contributed by atoms with Crippen molar-refractivity contribution in [2.24, 2.45) is 0 Å². The fourth-order valence-corrected chi connectivity index (χ4v) is 10.7. The Morgan fingerprint density at radius 1 is 0.193 bits per heavy atom. The first-order valence-electron chi connectivity index (χ1n) is 23.8. The van der Waals surface area contributed by atoms with E-state index in [0.717, 1.165) is 21.9 Å². The number of hydrogen-bond donors (Lipinski definition) is 0. The van der Waals surface area contributed by atoms with Crippen molar-refractivity contribution in [2.45, 2.75) is 49.4 Å². The summed E-state index contributed by atoms with van der Waals surface area (Å²) in [4.78, 5) is 0.